The third-order valence-electron chi connectivity index (χ3n) is 4.95. The van der Waals surface area contributed by atoms with Crippen LogP contribution in [0.1, 0.15) is 12.5 Å². The molecule has 0 bridgehead atoms. The fourth-order valence-corrected chi connectivity index (χ4v) is 4.93. The zero-order chi connectivity index (χ0) is 23.8. The first-order valence-corrected chi connectivity index (χ1v) is 12.2. The molecule has 0 spiro atoms. The van der Waals surface area contributed by atoms with E-state index < -0.39 is 10.0 Å². The fraction of sp³-hybridized carbons (Fsp3) is 0.208. The molecule has 3 aromatic rings. The highest BCUT2D eigenvalue weighted by atomic mass is 32.2. The third-order valence-corrected chi connectivity index (χ3v) is 7.10. The molecule has 0 radical (unpaired) electrons. The molecule has 0 aliphatic heterocycles. The van der Waals surface area contributed by atoms with Gasteiger partial charge >= 0.3 is 0 Å². The van der Waals surface area contributed by atoms with E-state index in [1.165, 1.54) is 23.5 Å². The number of para-hydroxylation sites is 1. The minimum Gasteiger partial charge on any atom is -0.497 e. The van der Waals surface area contributed by atoms with Gasteiger partial charge in [0.25, 0.3) is 10.0 Å². The Kier molecular flexibility index (Phi) is 8.13. The lowest BCUT2D eigenvalue weighted by Crippen LogP contribution is -2.31. The Hall–Kier alpha value is -3.30. The first-order chi connectivity index (χ1) is 15.9. The Morgan fingerprint density at radius 1 is 0.970 bits per heavy atom. The van der Waals surface area contributed by atoms with Crippen LogP contribution in [0.15, 0.2) is 77.7 Å². The lowest BCUT2D eigenvalue weighted by Gasteiger charge is -2.23. The number of anilines is 2. The smallest absolute Gasteiger partial charge is 0.264 e. The van der Waals surface area contributed by atoms with Gasteiger partial charge in [-0.1, -0.05) is 30.3 Å². The second-order valence-electron chi connectivity index (χ2n) is 7.02. The van der Waals surface area contributed by atoms with Gasteiger partial charge in [-0.15, -0.1) is 0 Å². The molecule has 0 heterocycles. The summed E-state index contributed by atoms with van der Waals surface area (Å²) in [6, 6.07) is 21.3. The molecule has 0 aliphatic rings. The second kappa shape index (κ2) is 11.0. The molecule has 0 saturated heterocycles. The summed E-state index contributed by atoms with van der Waals surface area (Å²) >= 11 is 5.42. The maximum Gasteiger partial charge on any atom is 0.264 e. The van der Waals surface area contributed by atoms with Crippen molar-refractivity contribution in [1.29, 1.82) is 0 Å². The zero-order valence-electron chi connectivity index (χ0n) is 18.7. The number of hydrogen-bond acceptors (Lipinski definition) is 5. The molecule has 9 heteroatoms. The molecule has 0 aliphatic carbocycles. The van der Waals surface area contributed by atoms with Crippen LogP contribution in [0, 0.1) is 0 Å². The molecule has 0 amide bonds. The average molecular weight is 486 g/mol. The number of methoxy groups -OCH3 is 2. The SMILES string of the molecule is CCN(c1ccccc1)S(=O)(=O)c1ccc(OC)c(NC(=S)NCc2ccc(OC)cc2)c1. The van der Waals surface area contributed by atoms with Crippen LogP contribution in [-0.4, -0.2) is 34.3 Å². The number of benzene rings is 3. The van der Waals surface area contributed by atoms with Crippen molar-refractivity contribution in [3.05, 3.63) is 78.4 Å². The fourth-order valence-electron chi connectivity index (χ4n) is 3.25. The van der Waals surface area contributed by atoms with Gasteiger partial charge in [0.1, 0.15) is 11.5 Å². The zero-order valence-corrected chi connectivity index (χ0v) is 20.4. The van der Waals surface area contributed by atoms with E-state index in [-0.39, 0.29) is 4.90 Å². The molecule has 174 valence electrons. The van der Waals surface area contributed by atoms with Gasteiger partial charge in [-0.2, -0.15) is 0 Å². The van der Waals surface area contributed by atoms with E-state index in [1.807, 2.05) is 30.3 Å². The van der Waals surface area contributed by atoms with E-state index in [9.17, 15) is 8.42 Å². The van der Waals surface area contributed by atoms with Crippen LogP contribution in [0.5, 0.6) is 11.5 Å². The van der Waals surface area contributed by atoms with Gasteiger partial charge in [-0.3, -0.25) is 4.31 Å². The first-order valence-electron chi connectivity index (χ1n) is 10.3. The molecule has 0 aromatic heterocycles. The summed E-state index contributed by atoms with van der Waals surface area (Å²) in [4.78, 5) is 0.134. The lowest BCUT2D eigenvalue weighted by atomic mass is 10.2. The number of rotatable bonds is 9. The molecule has 3 aromatic carbocycles. The summed E-state index contributed by atoms with van der Waals surface area (Å²) < 4.78 is 38.7. The molecule has 0 unspecified atom stereocenters. The molecule has 0 saturated carbocycles. The lowest BCUT2D eigenvalue weighted by molar-refractivity contribution is 0.414. The van der Waals surface area contributed by atoms with Crippen LogP contribution >= 0.6 is 12.2 Å². The Balaban J connectivity index is 1.79. The molecular formula is C24H27N3O4S2. The topological polar surface area (TPSA) is 79.9 Å². The van der Waals surface area contributed by atoms with Crippen molar-refractivity contribution < 1.29 is 17.9 Å². The predicted molar refractivity (Wildman–Crippen MR) is 136 cm³/mol. The highest BCUT2D eigenvalue weighted by Crippen LogP contribution is 2.30. The maximum absolute atomic E-state index is 13.4. The van der Waals surface area contributed by atoms with Gasteiger partial charge in [0, 0.05) is 13.1 Å². The van der Waals surface area contributed by atoms with Crippen molar-refractivity contribution in [2.45, 2.75) is 18.4 Å². The van der Waals surface area contributed by atoms with Crippen LogP contribution in [0.4, 0.5) is 11.4 Å². The summed E-state index contributed by atoms with van der Waals surface area (Å²) in [5, 5.41) is 6.51. The van der Waals surface area contributed by atoms with Crippen molar-refractivity contribution in [1.82, 2.24) is 5.32 Å². The quantitative estimate of drug-likeness (QED) is 0.435. The molecule has 33 heavy (non-hydrogen) atoms. The minimum atomic E-state index is -3.79. The van der Waals surface area contributed by atoms with E-state index in [1.54, 1.807) is 44.4 Å². The van der Waals surface area contributed by atoms with Crippen molar-refractivity contribution in [2.24, 2.45) is 0 Å². The van der Waals surface area contributed by atoms with Crippen molar-refractivity contribution in [3.8, 4) is 11.5 Å². The summed E-state index contributed by atoms with van der Waals surface area (Å²) in [5.74, 6) is 1.25. The van der Waals surface area contributed by atoms with Gasteiger partial charge in [-0.25, -0.2) is 8.42 Å². The Bertz CT molecular complexity index is 1180. The molecule has 3 rings (SSSR count). The van der Waals surface area contributed by atoms with Crippen LogP contribution < -0.4 is 24.4 Å². The molecule has 7 nitrogen and oxygen atoms in total. The first kappa shape index (κ1) is 24.3. The molecule has 0 fully saturated rings. The molecule has 2 N–H and O–H groups in total. The average Bonchev–Trinajstić information content (AvgIpc) is 2.84. The number of hydrogen-bond donors (Lipinski definition) is 2. The van der Waals surface area contributed by atoms with Crippen molar-refractivity contribution in [2.75, 3.05) is 30.4 Å². The van der Waals surface area contributed by atoms with Gasteiger partial charge in [0.05, 0.1) is 30.5 Å². The number of sulfonamides is 1. The minimum absolute atomic E-state index is 0.134. The largest absolute Gasteiger partial charge is 0.497 e. The second-order valence-corrected chi connectivity index (χ2v) is 9.29. The van der Waals surface area contributed by atoms with E-state index in [0.717, 1.165) is 11.3 Å². The summed E-state index contributed by atoms with van der Waals surface area (Å²) in [7, 11) is -0.650. The van der Waals surface area contributed by atoms with E-state index in [2.05, 4.69) is 10.6 Å². The Morgan fingerprint density at radius 2 is 1.67 bits per heavy atom. The van der Waals surface area contributed by atoms with Crippen molar-refractivity contribution >= 4 is 38.7 Å². The Morgan fingerprint density at radius 3 is 2.27 bits per heavy atom. The van der Waals surface area contributed by atoms with Crippen LogP contribution in [0.25, 0.3) is 0 Å². The number of ether oxygens (including phenoxy) is 2. The standard InChI is InChI=1S/C24H27N3O4S2/c1-4-27(19-8-6-5-7-9-19)33(28,29)21-14-15-23(31-3)22(16-21)26-24(32)25-17-18-10-12-20(30-2)13-11-18/h5-16H,4,17H2,1-3H3,(H2,25,26,32). The van der Waals surface area contributed by atoms with Crippen molar-refractivity contribution in [3.63, 3.8) is 0 Å². The van der Waals surface area contributed by atoms with Gasteiger partial charge in [-0.05, 0) is 67.2 Å². The molecule has 0 atom stereocenters. The number of nitrogens with one attached hydrogen (secondary N) is 2. The van der Waals surface area contributed by atoms with Gasteiger partial charge < -0.3 is 20.1 Å². The monoisotopic (exact) mass is 485 g/mol. The van der Waals surface area contributed by atoms with E-state index in [0.29, 0.717) is 35.3 Å². The molecular weight excluding hydrogens is 458 g/mol. The Labute approximate surface area is 200 Å². The number of thiocarbonyl (C=S) groups is 1. The maximum atomic E-state index is 13.4. The number of nitrogens with zero attached hydrogens (tertiary/aromatic N) is 1. The summed E-state index contributed by atoms with van der Waals surface area (Å²) in [6.45, 7) is 2.59. The summed E-state index contributed by atoms with van der Waals surface area (Å²) in [5.41, 5.74) is 2.07. The highest BCUT2D eigenvalue weighted by molar-refractivity contribution is 7.92. The summed E-state index contributed by atoms with van der Waals surface area (Å²) in [6.07, 6.45) is 0. The predicted octanol–water partition coefficient (Wildman–Crippen LogP) is 4.41. The highest BCUT2D eigenvalue weighted by Gasteiger charge is 2.24. The van der Waals surface area contributed by atoms with Crippen LogP contribution in [0.2, 0.25) is 0 Å². The van der Waals surface area contributed by atoms with E-state index >= 15 is 0 Å². The van der Waals surface area contributed by atoms with Gasteiger partial charge in [0.15, 0.2) is 5.11 Å². The van der Waals surface area contributed by atoms with Crippen LogP contribution in [0.3, 0.4) is 0 Å². The van der Waals surface area contributed by atoms with Crippen LogP contribution in [-0.2, 0) is 16.6 Å². The van der Waals surface area contributed by atoms with Gasteiger partial charge in [0.2, 0.25) is 0 Å². The van der Waals surface area contributed by atoms with E-state index in [4.69, 9.17) is 21.7 Å². The normalized spacial score (nSPS) is 10.9. The third kappa shape index (κ3) is 5.94.